The summed E-state index contributed by atoms with van der Waals surface area (Å²) in [7, 11) is 3.59. The highest BCUT2D eigenvalue weighted by atomic mass is 16.5. The van der Waals surface area contributed by atoms with Crippen molar-refractivity contribution in [2.75, 3.05) is 20.2 Å². The lowest BCUT2D eigenvalue weighted by atomic mass is 9.99. The number of hydrogen-bond acceptors (Lipinski definition) is 3. The third-order valence-corrected chi connectivity index (χ3v) is 5.24. The standard InChI is InChI=1S/C20H23N3O2/c1-22-13-16(12-21-22)18-11-19(18)20(24)23-9-7-15(8-10-23)14-3-5-17(25-2)6-4-14/h3-7,12-13,18-19H,8-11H2,1-2H3/t18-,19-/m1/s1. The lowest BCUT2D eigenvalue weighted by Crippen LogP contribution is -2.36. The fourth-order valence-corrected chi connectivity index (χ4v) is 3.64. The fourth-order valence-electron chi connectivity index (χ4n) is 3.64. The van der Waals surface area contributed by atoms with Gasteiger partial charge in [-0.1, -0.05) is 18.2 Å². The Morgan fingerprint density at radius 1 is 1.28 bits per heavy atom. The first-order valence-corrected chi connectivity index (χ1v) is 8.76. The molecule has 0 radical (unpaired) electrons. The van der Waals surface area contributed by atoms with E-state index in [0.717, 1.165) is 25.1 Å². The van der Waals surface area contributed by atoms with Gasteiger partial charge in [-0.05, 0) is 47.6 Å². The SMILES string of the molecule is COc1ccc(C2=CCN(C(=O)[C@@H]3C[C@@H]3c3cnn(C)c3)CC2)cc1. The molecular weight excluding hydrogens is 314 g/mol. The predicted octanol–water partition coefficient (Wildman–Crippen LogP) is 2.85. The predicted molar refractivity (Wildman–Crippen MR) is 96.2 cm³/mol. The molecular formula is C20H23N3O2. The molecule has 0 bridgehead atoms. The minimum absolute atomic E-state index is 0.139. The van der Waals surface area contributed by atoms with Crippen LogP contribution in [0.25, 0.3) is 5.57 Å². The van der Waals surface area contributed by atoms with E-state index in [4.69, 9.17) is 4.74 Å². The van der Waals surface area contributed by atoms with Gasteiger partial charge in [0.1, 0.15) is 5.75 Å². The van der Waals surface area contributed by atoms with E-state index in [9.17, 15) is 4.79 Å². The van der Waals surface area contributed by atoms with Crippen LogP contribution in [-0.2, 0) is 11.8 Å². The summed E-state index contributed by atoms with van der Waals surface area (Å²) in [6.07, 6.45) is 7.95. The number of amides is 1. The first kappa shape index (κ1) is 15.9. The number of aromatic nitrogens is 2. The van der Waals surface area contributed by atoms with Crippen LogP contribution in [-0.4, -0.2) is 40.8 Å². The molecule has 1 saturated carbocycles. The number of rotatable bonds is 4. The van der Waals surface area contributed by atoms with Gasteiger partial charge in [0.2, 0.25) is 5.91 Å². The van der Waals surface area contributed by atoms with Crippen LogP contribution in [0.1, 0.15) is 29.9 Å². The van der Waals surface area contributed by atoms with E-state index in [1.807, 2.05) is 36.5 Å². The summed E-state index contributed by atoms with van der Waals surface area (Å²) < 4.78 is 7.01. The van der Waals surface area contributed by atoms with Crippen molar-refractivity contribution in [3.8, 4) is 5.75 Å². The van der Waals surface area contributed by atoms with Gasteiger partial charge in [-0.15, -0.1) is 0 Å². The zero-order valence-corrected chi connectivity index (χ0v) is 14.7. The molecule has 5 heteroatoms. The van der Waals surface area contributed by atoms with Crippen LogP contribution in [0, 0.1) is 5.92 Å². The Kier molecular flexibility index (Phi) is 4.07. The van der Waals surface area contributed by atoms with Crippen LogP contribution >= 0.6 is 0 Å². The maximum absolute atomic E-state index is 12.7. The lowest BCUT2D eigenvalue weighted by Gasteiger charge is -2.27. The Balaban J connectivity index is 1.38. The van der Waals surface area contributed by atoms with Crippen LogP contribution in [0.15, 0.2) is 42.7 Å². The maximum Gasteiger partial charge on any atom is 0.226 e. The second-order valence-corrected chi connectivity index (χ2v) is 6.89. The third kappa shape index (κ3) is 3.18. The minimum atomic E-state index is 0.139. The van der Waals surface area contributed by atoms with Crippen molar-refractivity contribution < 1.29 is 9.53 Å². The highest BCUT2D eigenvalue weighted by Gasteiger charge is 2.46. The summed E-state index contributed by atoms with van der Waals surface area (Å²) >= 11 is 0. The molecule has 0 spiro atoms. The lowest BCUT2D eigenvalue weighted by molar-refractivity contribution is -0.132. The summed E-state index contributed by atoms with van der Waals surface area (Å²) in [5.41, 5.74) is 3.71. The average Bonchev–Trinajstić information content (AvgIpc) is 3.35. The molecule has 130 valence electrons. The van der Waals surface area contributed by atoms with E-state index < -0.39 is 0 Å². The van der Waals surface area contributed by atoms with Crippen molar-refractivity contribution in [1.82, 2.24) is 14.7 Å². The zero-order valence-electron chi connectivity index (χ0n) is 14.7. The second kappa shape index (κ2) is 6.39. The molecule has 2 aromatic rings. The summed E-state index contributed by atoms with van der Waals surface area (Å²) in [5, 5.41) is 4.21. The molecule has 2 aliphatic rings. The van der Waals surface area contributed by atoms with Gasteiger partial charge in [0.05, 0.1) is 13.3 Å². The van der Waals surface area contributed by atoms with Gasteiger partial charge in [-0.3, -0.25) is 9.48 Å². The minimum Gasteiger partial charge on any atom is -0.497 e. The number of carbonyl (C=O) groups is 1. The van der Waals surface area contributed by atoms with Gasteiger partial charge in [0.15, 0.2) is 0 Å². The Morgan fingerprint density at radius 3 is 2.68 bits per heavy atom. The van der Waals surface area contributed by atoms with Crippen molar-refractivity contribution in [3.63, 3.8) is 0 Å². The van der Waals surface area contributed by atoms with Gasteiger partial charge in [-0.2, -0.15) is 5.10 Å². The van der Waals surface area contributed by atoms with Crippen LogP contribution in [0.3, 0.4) is 0 Å². The first-order chi connectivity index (χ1) is 12.2. The molecule has 1 aromatic heterocycles. The molecule has 0 N–H and O–H groups in total. The molecule has 1 aliphatic heterocycles. The van der Waals surface area contributed by atoms with E-state index in [2.05, 4.69) is 23.3 Å². The summed E-state index contributed by atoms with van der Waals surface area (Å²) in [4.78, 5) is 14.7. The fraction of sp³-hybridized carbons (Fsp3) is 0.400. The first-order valence-electron chi connectivity index (χ1n) is 8.76. The molecule has 0 saturated heterocycles. The number of nitrogens with zero attached hydrogens (tertiary/aromatic N) is 3. The van der Waals surface area contributed by atoms with Crippen molar-refractivity contribution in [2.24, 2.45) is 13.0 Å². The van der Waals surface area contributed by atoms with E-state index in [0.29, 0.717) is 18.4 Å². The van der Waals surface area contributed by atoms with Crippen LogP contribution in [0.4, 0.5) is 0 Å². The average molecular weight is 337 g/mol. The molecule has 1 aromatic carbocycles. The molecule has 4 rings (SSSR count). The number of ether oxygens (including phenoxy) is 1. The number of hydrogen-bond donors (Lipinski definition) is 0. The van der Waals surface area contributed by atoms with Crippen molar-refractivity contribution in [2.45, 2.75) is 18.8 Å². The van der Waals surface area contributed by atoms with E-state index in [1.165, 1.54) is 16.7 Å². The summed E-state index contributed by atoms with van der Waals surface area (Å²) in [5.74, 6) is 1.65. The monoisotopic (exact) mass is 337 g/mol. The van der Waals surface area contributed by atoms with E-state index >= 15 is 0 Å². The quantitative estimate of drug-likeness (QED) is 0.862. The van der Waals surface area contributed by atoms with Gasteiger partial charge in [0, 0.05) is 32.3 Å². The van der Waals surface area contributed by atoms with Gasteiger partial charge < -0.3 is 9.64 Å². The Hall–Kier alpha value is -2.56. The Morgan fingerprint density at radius 2 is 2.08 bits per heavy atom. The Bertz CT molecular complexity index is 807. The number of methoxy groups -OCH3 is 1. The topological polar surface area (TPSA) is 47.4 Å². The molecule has 2 heterocycles. The highest BCUT2D eigenvalue weighted by molar-refractivity contribution is 5.84. The molecule has 0 unspecified atom stereocenters. The summed E-state index contributed by atoms with van der Waals surface area (Å²) in [6.45, 7) is 1.50. The summed E-state index contributed by atoms with van der Waals surface area (Å²) in [6, 6.07) is 8.13. The van der Waals surface area contributed by atoms with Gasteiger partial charge >= 0.3 is 0 Å². The number of benzene rings is 1. The Labute approximate surface area is 147 Å². The van der Waals surface area contributed by atoms with Crippen molar-refractivity contribution in [3.05, 3.63) is 53.9 Å². The normalized spacial score (nSPS) is 22.5. The molecule has 1 aliphatic carbocycles. The van der Waals surface area contributed by atoms with E-state index in [1.54, 1.807) is 11.8 Å². The largest absolute Gasteiger partial charge is 0.497 e. The number of aryl methyl sites for hydroxylation is 1. The van der Waals surface area contributed by atoms with Gasteiger partial charge in [-0.25, -0.2) is 0 Å². The maximum atomic E-state index is 12.7. The van der Waals surface area contributed by atoms with E-state index in [-0.39, 0.29) is 5.92 Å². The number of carbonyl (C=O) groups excluding carboxylic acids is 1. The molecule has 2 atom stereocenters. The highest BCUT2D eigenvalue weighted by Crippen LogP contribution is 2.48. The van der Waals surface area contributed by atoms with Crippen LogP contribution in [0.5, 0.6) is 5.75 Å². The smallest absolute Gasteiger partial charge is 0.226 e. The van der Waals surface area contributed by atoms with Crippen LogP contribution in [0.2, 0.25) is 0 Å². The van der Waals surface area contributed by atoms with Crippen LogP contribution < -0.4 is 4.74 Å². The molecule has 25 heavy (non-hydrogen) atoms. The zero-order chi connectivity index (χ0) is 17.4. The molecule has 1 amide bonds. The van der Waals surface area contributed by atoms with Crippen molar-refractivity contribution in [1.29, 1.82) is 0 Å². The molecule has 5 nitrogen and oxygen atoms in total. The van der Waals surface area contributed by atoms with Crippen molar-refractivity contribution >= 4 is 11.5 Å². The van der Waals surface area contributed by atoms with Gasteiger partial charge in [0.25, 0.3) is 0 Å². The third-order valence-electron chi connectivity index (χ3n) is 5.24. The molecule has 1 fully saturated rings. The second-order valence-electron chi connectivity index (χ2n) is 6.89.